The Labute approximate surface area is 194 Å². The summed E-state index contributed by atoms with van der Waals surface area (Å²) in [4.78, 5) is 23.7. The van der Waals surface area contributed by atoms with Crippen LogP contribution in [0.15, 0.2) is 57.9 Å². The number of carbonyl (C=O) groups is 2. The molecule has 0 spiro atoms. The number of nitrogens with zero attached hydrogens (tertiary/aromatic N) is 1. The van der Waals surface area contributed by atoms with Crippen molar-refractivity contribution in [3.05, 3.63) is 65.9 Å². The summed E-state index contributed by atoms with van der Waals surface area (Å²) in [5, 5.41) is 6.35. The fourth-order valence-corrected chi connectivity index (χ4v) is 4.06. The van der Waals surface area contributed by atoms with Gasteiger partial charge in [0, 0.05) is 23.4 Å². The van der Waals surface area contributed by atoms with Gasteiger partial charge in [-0.15, -0.1) is 0 Å². The molecule has 1 heterocycles. The molecule has 0 aliphatic rings. The predicted octanol–water partition coefficient (Wildman–Crippen LogP) is 3.35. The maximum atomic E-state index is 13.4. The van der Waals surface area contributed by atoms with E-state index in [1.807, 2.05) is 0 Å². The van der Waals surface area contributed by atoms with Gasteiger partial charge in [0.25, 0.3) is 15.9 Å². The first-order valence-corrected chi connectivity index (χ1v) is 11.4. The minimum atomic E-state index is -4.23. The molecule has 34 heavy (non-hydrogen) atoms. The van der Waals surface area contributed by atoms with Crippen molar-refractivity contribution in [1.29, 1.82) is 0 Å². The van der Waals surface area contributed by atoms with Crippen molar-refractivity contribution in [2.45, 2.75) is 24.8 Å². The number of methoxy groups -OCH3 is 1. The molecule has 1 amide bonds. The highest BCUT2D eigenvalue weighted by molar-refractivity contribution is 7.92. The summed E-state index contributed by atoms with van der Waals surface area (Å²) >= 11 is 0. The van der Waals surface area contributed by atoms with Gasteiger partial charge in [0.1, 0.15) is 23.4 Å². The van der Waals surface area contributed by atoms with E-state index in [1.54, 1.807) is 13.8 Å². The smallest absolute Gasteiger partial charge is 0.328 e. The summed E-state index contributed by atoms with van der Waals surface area (Å²) < 4.78 is 63.5. The van der Waals surface area contributed by atoms with E-state index in [1.165, 1.54) is 37.4 Å². The van der Waals surface area contributed by atoms with Gasteiger partial charge in [-0.3, -0.25) is 9.52 Å². The van der Waals surface area contributed by atoms with Gasteiger partial charge in [-0.2, -0.15) is 0 Å². The van der Waals surface area contributed by atoms with E-state index in [4.69, 9.17) is 4.52 Å². The Hall–Kier alpha value is -3.80. The van der Waals surface area contributed by atoms with Crippen LogP contribution in [0.25, 0.3) is 11.3 Å². The molecule has 3 rings (SSSR count). The highest BCUT2D eigenvalue weighted by atomic mass is 32.2. The summed E-state index contributed by atoms with van der Waals surface area (Å²) in [6.45, 7) is 3.49. The largest absolute Gasteiger partial charge is 0.467 e. The van der Waals surface area contributed by atoms with Gasteiger partial charge in [-0.05, 0) is 30.2 Å². The Balaban J connectivity index is 1.73. The number of hydrogen-bond donors (Lipinski definition) is 2. The van der Waals surface area contributed by atoms with E-state index in [0.717, 1.165) is 0 Å². The van der Waals surface area contributed by atoms with Crippen molar-refractivity contribution in [2.24, 2.45) is 5.92 Å². The maximum absolute atomic E-state index is 13.4. The zero-order chi connectivity index (χ0) is 25.0. The quantitative estimate of drug-likeness (QED) is 0.461. The molecule has 1 aromatic heterocycles. The second-order valence-corrected chi connectivity index (χ2v) is 9.27. The molecule has 12 heteroatoms. The van der Waals surface area contributed by atoms with Crippen LogP contribution in [0.1, 0.15) is 24.4 Å². The van der Waals surface area contributed by atoms with Crippen LogP contribution in [0.5, 0.6) is 0 Å². The molecular formula is C22H21F2N3O6S. The Morgan fingerprint density at radius 3 is 2.21 bits per heavy atom. The van der Waals surface area contributed by atoms with Crippen LogP contribution in [-0.4, -0.2) is 38.6 Å². The van der Waals surface area contributed by atoms with E-state index in [9.17, 15) is 26.8 Å². The Morgan fingerprint density at radius 2 is 1.65 bits per heavy atom. The van der Waals surface area contributed by atoms with Crippen LogP contribution >= 0.6 is 0 Å². The fraction of sp³-hybridized carbons (Fsp3) is 0.227. The molecule has 1 atom stereocenters. The number of aromatic nitrogens is 1. The molecule has 9 nitrogen and oxygen atoms in total. The van der Waals surface area contributed by atoms with E-state index in [0.29, 0.717) is 23.8 Å². The van der Waals surface area contributed by atoms with Crippen molar-refractivity contribution in [3.63, 3.8) is 0 Å². The Kier molecular flexibility index (Phi) is 7.30. The summed E-state index contributed by atoms with van der Waals surface area (Å²) in [6.07, 6.45) is 0. The summed E-state index contributed by atoms with van der Waals surface area (Å²) in [5.41, 5.74) is 0.912. The van der Waals surface area contributed by atoms with Crippen molar-refractivity contribution in [3.8, 4) is 11.3 Å². The maximum Gasteiger partial charge on any atom is 0.328 e. The lowest BCUT2D eigenvalue weighted by Crippen LogP contribution is -2.44. The second kappa shape index (κ2) is 10.00. The molecule has 0 saturated heterocycles. The van der Waals surface area contributed by atoms with Crippen LogP contribution in [0, 0.1) is 17.6 Å². The Bertz CT molecular complexity index is 1290. The lowest BCUT2D eigenvalue weighted by molar-refractivity contribution is -0.144. The average molecular weight is 493 g/mol. The zero-order valence-corrected chi connectivity index (χ0v) is 19.2. The fourth-order valence-electron chi connectivity index (χ4n) is 2.96. The van der Waals surface area contributed by atoms with Gasteiger partial charge in [0.15, 0.2) is 0 Å². The minimum absolute atomic E-state index is 0.132. The van der Waals surface area contributed by atoms with Crippen molar-refractivity contribution < 1.29 is 36.0 Å². The highest BCUT2D eigenvalue weighted by Gasteiger charge is 2.27. The first kappa shape index (κ1) is 24.8. The third kappa shape index (κ3) is 5.76. The number of ether oxygens (including phenoxy) is 1. The number of hydrogen-bond acceptors (Lipinski definition) is 7. The number of anilines is 1. The molecule has 0 saturated carbocycles. The summed E-state index contributed by atoms with van der Waals surface area (Å²) in [5.74, 6) is -3.65. The van der Waals surface area contributed by atoms with Gasteiger partial charge >= 0.3 is 5.97 Å². The average Bonchev–Trinajstić information content (AvgIpc) is 3.26. The molecule has 0 fully saturated rings. The topological polar surface area (TPSA) is 128 Å². The molecule has 180 valence electrons. The molecule has 0 aliphatic heterocycles. The summed E-state index contributed by atoms with van der Waals surface area (Å²) in [6, 6.07) is 8.29. The third-order valence-electron chi connectivity index (χ3n) is 4.72. The lowest BCUT2D eigenvalue weighted by atomic mass is 10.0. The molecule has 1 unspecified atom stereocenters. The first-order valence-electron chi connectivity index (χ1n) is 9.95. The molecule has 3 aromatic rings. The highest BCUT2D eigenvalue weighted by Crippen LogP contribution is 2.24. The Morgan fingerprint density at radius 1 is 1.03 bits per heavy atom. The number of nitrogens with one attached hydrogen (secondary N) is 2. The number of esters is 1. The van der Waals surface area contributed by atoms with Gasteiger partial charge in [0.05, 0.1) is 12.0 Å². The predicted molar refractivity (Wildman–Crippen MR) is 117 cm³/mol. The molecule has 0 aliphatic carbocycles. The van der Waals surface area contributed by atoms with Crippen LogP contribution in [0.3, 0.4) is 0 Å². The monoisotopic (exact) mass is 493 g/mol. The number of benzene rings is 2. The molecule has 0 bridgehead atoms. The number of halogens is 2. The van der Waals surface area contributed by atoms with Crippen molar-refractivity contribution in [1.82, 2.24) is 10.5 Å². The minimum Gasteiger partial charge on any atom is -0.467 e. The van der Waals surface area contributed by atoms with E-state index in [2.05, 4.69) is 19.9 Å². The van der Waals surface area contributed by atoms with Crippen molar-refractivity contribution >= 4 is 27.6 Å². The van der Waals surface area contributed by atoms with Gasteiger partial charge in [0.2, 0.25) is 5.76 Å². The first-order chi connectivity index (χ1) is 16.0. The van der Waals surface area contributed by atoms with E-state index < -0.39 is 44.5 Å². The molecule has 0 radical (unpaired) electrons. The van der Waals surface area contributed by atoms with Crippen LogP contribution in [-0.2, 0) is 19.6 Å². The normalized spacial score (nSPS) is 12.3. The van der Waals surface area contributed by atoms with E-state index >= 15 is 0 Å². The standard InChI is InChI=1S/C22H21F2N3O6S/c1-12(2)20(22(29)32-3)25-21(28)19-11-18(26-33-19)13-4-6-16(7-5-13)27-34(30,31)17-9-14(23)8-15(24)10-17/h4-12,20,27H,1-3H3,(H,25,28). The summed E-state index contributed by atoms with van der Waals surface area (Å²) in [7, 11) is -3.01. The molecule has 2 N–H and O–H groups in total. The van der Waals surface area contributed by atoms with E-state index in [-0.39, 0.29) is 23.1 Å². The van der Waals surface area contributed by atoms with Gasteiger partial charge < -0.3 is 14.6 Å². The lowest BCUT2D eigenvalue weighted by Gasteiger charge is -2.18. The van der Waals surface area contributed by atoms with Crippen molar-refractivity contribution in [2.75, 3.05) is 11.8 Å². The van der Waals surface area contributed by atoms with Crippen LogP contribution < -0.4 is 10.0 Å². The third-order valence-corrected chi connectivity index (χ3v) is 6.08. The van der Waals surface area contributed by atoms with Gasteiger partial charge in [-0.25, -0.2) is 22.0 Å². The number of carbonyl (C=O) groups excluding carboxylic acids is 2. The number of rotatable bonds is 8. The molecular weight excluding hydrogens is 472 g/mol. The SMILES string of the molecule is COC(=O)C(NC(=O)c1cc(-c2ccc(NS(=O)(=O)c3cc(F)cc(F)c3)cc2)no1)C(C)C. The zero-order valence-electron chi connectivity index (χ0n) is 18.3. The van der Waals surface area contributed by atoms with Gasteiger partial charge in [-0.1, -0.05) is 31.1 Å². The van der Waals surface area contributed by atoms with Crippen LogP contribution in [0.2, 0.25) is 0 Å². The number of sulfonamides is 1. The second-order valence-electron chi connectivity index (χ2n) is 7.58. The number of amides is 1. The van der Waals surface area contributed by atoms with Crippen LogP contribution in [0.4, 0.5) is 14.5 Å². The molecule has 2 aromatic carbocycles.